The van der Waals surface area contributed by atoms with Crippen molar-refractivity contribution in [3.05, 3.63) is 33.9 Å². The molecule has 1 aromatic rings. The van der Waals surface area contributed by atoms with Crippen LogP contribution in [-0.4, -0.2) is 21.6 Å². The molecule has 16 heavy (non-hydrogen) atoms. The van der Waals surface area contributed by atoms with Crippen molar-refractivity contribution < 1.29 is 19.9 Å². The minimum absolute atomic E-state index is 0.217. The molecule has 0 aliphatic rings. The van der Waals surface area contributed by atoms with Gasteiger partial charge in [0, 0.05) is 6.07 Å². The van der Waals surface area contributed by atoms with Gasteiger partial charge in [-0.05, 0) is 18.1 Å². The number of rotatable bonds is 3. The van der Waals surface area contributed by atoms with Gasteiger partial charge in [0.15, 0.2) is 5.75 Å². The summed E-state index contributed by atoms with van der Waals surface area (Å²) in [6.07, 6.45) is 1.73. The van der Waals surface area contributed by atoms with Crippen LogP contribution in [0.2, 0.25) is 0 Å². The van der Waals surface area contributed by atoms with Gasteiger partial charge < -0.3 is 10.2 Å². The first-order valence-electron chi connectivity index (χ1n) is 4.60. The maximum absolute atomic E-state index is 10.4. The molecule has 0 radical (unpaired) electrons. The lowest BCUT2D eigenvalue weighted by molar-refractivity contribution is -0.385. The first-order valence-corrected chi connectivity index (χ1v) is 4.60. The molecule has 0 spiro atoms. The summed E-state index contributed by atoms with van der Waals surface area (Å²) in [5, 5.41) is 26.4. The lowest BCUT2D eigenvalue weighted by Crippen LogP contribution is -1.91. The number of carboxylic acid groups (broad SMARTS) is 1. The van der Waals surface area contributed by atoms with Gasteiger partial charge in [0.05, 0.1) is 4.92 Å². The van der Waals surface area contributed by atoms with Crippen molar-refractivity contribution in [1.29, 1.82) is 0 Å². The van der Waals surface area contributed by atoms with E-state index in [-0.39, 0.29) is 17.9 Å². The molecule has 1 rings (SSSR count). The molecule has 0 aliphatic heterocycles. The highest BCUT2D eigenvalue weighted by atomic mass is 16.6. The molecule has 0 saturated heterocycles. The number of hydrogen-bond donors (Lipinski definition) is 2. The molecule has 2 N–H and O–H groups in total. The maximum atomic E-state index is 10.4. The largest absolute Gasteiger partial charge is 0.502 e. The molecule has 6 nitrogen and oxygen atoms in total. The van der Waals surface area contributed by atoms with Gasteiger partial charge >= 0.3 is 5.69 Å². The number of carbonyl (C=O) groups is 1. The maximum Gasteiger partial charge on any atom is 0.310 e. The zero-order valence-electron chi connectivity index (χ0n) is 8.79. The van der Waals surface area contributed by atoms with Crippen molar-refractivity contribution in [3.8, 4) is 5.75 Å². The lowest BCUT2D eigenvalue weighted by atomic mass is 10.1. The predicted octanol–water partition coefficient (Wildman–Crippen LogP) is 1.95. The summed E-state index contributed by atoms with van der Waals surface area (Å²) >= 11 is 0. The Hall–Kier alpha value is -2.11. The lowest BCUT2D eigenvalue weighted by Gasteiger charge is -1.99. The van der Waals surface area contributed by atoms with E-state index in [1.807, 2.05) is 6.92 Å². The number of nitrogens with zero attached hydrogens (tertiary/aromatic N) is 1. The molecule has 0 saturated carbocycles. The molecule has 1 aromatic carbocycles. The van der Waals surface area contributed by atoms with Gasteiger partial charge in [-0.3, -0.25) is 14.9 Å². The molecular weight excluding hydrogens is 214 g/mol. The van der Waals surface area contributed by atoms with Crippen LogP contribution in [0, 0.1) is 10.1 Å². The highest BCUT2D eigenvalue weighted by Crippen LogP contribution is 2.26. The highest BCUT2D eigenvalue weighted by Gasteiger charge is 2.12. The second kappa shape index (κ2) is 7.22. The van der Waals surface area contributed by atoms with E-state index in [9.17, 15) is 10.1 Å². The quantitative estimate of drug-likeness (QED) is 0.467. The molecule has 0 aliphatic carbocycles. The second-order valence-electron chi connectivity index (χ2n) is 2.94. The summed E-state index contributed by atoms with van der Waals surface area (Å²) in [6.45, 7) is 1.75. The van der Waals surface area contributed by atoms with Gasteiger partial charge in [0.25, 0.3) is 6.47 Å². The van der Waals surface area contributed by atoms with E-state index in [1.54, 1.807) is 6.07 Å². The fraction of sp³-hybridized carbons (Fsp3) is 0.300. The van der Waals surface area contributed by atoms with Gasteiger partial charge in [-0.15, -0.1) is 0 Å². The zero-order valence-corrected chi connectivity index (χ0v) is 8.79. The van der Waals surface area contributed by atoms with Crippen molar-refractivity contribution in [3.63, 3.8) is 0 Å². The number of nitro benzene ring substituents is 1. The Morgan fingerprint density at radius 3 is 2.50 bits per heavy atom. The summed E-state index contributed by atoms with van der Waals surface area (Å²) in [5.74, 6) is -0.273. The minimum Gasteiger partial charge on any atom is -0.502 e. The fourth-order valence-corrected chi connectivity index (χ4v) is 1.16. The Bertz CT molecular complexity index is 364. The molecule has 0 aromatic heterocycles. The van der Waals surface area contributed by atoms with E-state index in [0.29, 0.717) is 0 Å². The molecule has 0 fully saturated rings. The first-order chi connectivity index (χ1) is 7.56. The smallest absolute Gasteiger partial charge is 0.310 e. The molecule has 88 valence electrons. The number of hydrogen-bond acceptors (Lipinski definition) is 4. The van der Waals surface area contributed by atoms with Crippen molar-refractivity contribution in [1.82, 2.24) is 0 Å². The molecular formula is C10H13NO5. The zero-order chi connectivity index (χ0) is 12.6. The van der Waals surface area contributed by atoms with Gasteiger partial charge in [-0.25, -0.2) is 0 Å². The second-order valence-corrected chi connectivity index (χ2v) is 2.94. The van der Waals surface area contributed by atoms with E-state index in [4.69, 9.17) is 15.0 Å². The molecule has 0 bridgehead atoms. The Morgan fingerprint density at radius 2 is 2.06 bits per heavy atom. The average Bonchev–Trinajstić information content (AvgIpc) is 2.22. The first kappa shape index (κ1) is 13.9. The number of nitro groups is 1. The van der Waals surface area contributed by atoms with Crippen LogP contribution in [0.15, 0.2) is 18.2 Å². The van der Waals surface area contributed by atoms with E-state index in [2.05, 4.69) is 0 Å². The summed E-state index contributed by atoms with van der Waals surface area (Å²) < 4.78 is 0. The summed E-state index contributed by atoms with van der Waals surface area (Å²) in [6, 6.07) is 4.48. The monoisotopic (exact) mass is 227 g/mol. The predicted molar refractivity (Wildman–Crippen MR) is 57.4 cm³/mol. The van der Waals surface area contributed by atoms with Crippen molar-refractivity contribution in [2.24, 2.45) is 0 Å². The van der Waals surface area contributed by atoms with E-state index in [0.717, 1.165) is 18.4 Å². The topological polar surface area (TPSA) is 101 Å². The highest BCUT2D eigenvalue weighted by molar-refractivity contribution is 5.47. The SMILES string of the molecule is CCCc1ccc(O)c([N+](=O)[O-])c1.O=CO. The van der Waals surface area contributed by atoms with Gasteiger partial charge in [0.1, 0.15) is 0 Å². The third-order valence-electron chi connectivity index (χ3n) is 1.78. The van der Waals surface area contributed by atoms with Crippen molar-refractivity contribution in [2.45, 2.75) is 19.8 Å². The number of benzene rings is 1. The number of phenolic OH excluding ortho intramolecular Hbond substituents is 1. The summed E-state index contributed by atoms with van der Waals surface area (Å²) in [5.41, 5.74) is 0.665. The van der Waals surface area contributed by atoms with Crippen LogP contribution >= 0.6 is 0 Å². The molecule has 0 heterocycles. The standard InChI is InChI=1S/C9H11NO3.CH2O2/c1-2-3-7-4-5-9(11)8(6-7)10(12)13;2-1-3/h4-6,11H,2-3H2,1H3;1H,(H,2,3). The molecule has 6 heteroatoms. The Balaban J connectivity index is 0.000000673. The van der Waals surface area contributed by atoms with Crippen LogP contribution in [0.25, 0.3) is 0 Å². The third kappa shape index (κ3) is 4.41. The van der Waals surface area contributed by atoms with Crippen LogP contribution in [0.3, 0.4) is 0 Å². The fourth-order valence-electron chi connectivity index (χ4n) is 1.16. The Kier molecular flexibility index (Phi) is 6.27. The van der Waals surface area contributed by atoms with E-state index >= 15 is 0 Å². The van der Waals surface area contributed by atoms with Gasteiger partial charge in [0.2, 0.25) is 0 Å². The molecule has 0 atom stereocenters. The molecule has 0 unspecified atom stereocenters. The van der Waals surface area contributed by atoms with Crippen LogP contribution in [-0.2, 0) is 11.2 Å². The van der Waals surface area contributed by atoms with E-state index in [1.165, 1.54) is 12.1 Å². The summed E-state index contributed by atoms with van der Waals surface area (Å²) in [4.78, 5) is 18.2. The number of phenols is 1. The Morgan fingerprint density at radius 1 is 1.50 bits per heavy atom. The number of aromatic hydroxyl groups is 1. The molecule has 0 amide bonds. The van der Waals surface area contributed by atoms with Crippen LogP contribution < -0.4 is 0 Å². The van der Waals surface area contributed by atoms with Crippen LogP contribution in [0.5, 0.6) is 5.75 Å². The van der Waals surface area contributed by atoms with Gasteiger partial charge in [-0.2, -0.15) is 0 Å². The van der Waals surface area contributed by atoms with Gasteiger partial charge in [-0.1, -0.05) is 19.4 Å². The average molecular weight is 227 g/mol. The Labute approximate surface area is 92.3 Å². The number of aryl methyl sites for hydroxylation is 1. The normalized spacial score (nSPS) is 8.81. The van der Waals surface area contributed by atoms with Crippen LogP contribution in [0.4, 0.5) is 5.69 Å². The van der Waals surface area contributed by atoms with Crippen molar-refractivity contribution in [2.75, 3.05) is 0 Å². The van der Waals surface area contributed by atoms with Crippen molar-refractivity contribution >= 4 is 12.2 Å². The summed E-state index contributed by atoms with van der Waals surface area (Å²) in [7, 11) is 0. The third-order valence-corrected chi connectivity index (χ3v) is 1.78. The van der Waals surface area contributed by atoms with E-state index < -0.39 is 4.92 Å². The minimum atomic E-state index is -0.575. The van der Waals surface area contributed by atoms with Crippen LogP contribution in [0.1, 0.15) is 18.9 Å².